The number of sulfonamides is 1. The number of hydrogen-bond acceptors (Lipinski definition) is 6. The van der Waals surface area contributed by atoms with Crippen LogP contribution in [0.4, 0.5) is 0 Å². The van der Waals surface area contributed by atoms with E-state index in [9.17, 15) is 13.2 Å². The average molecular weight is 483 g/mol. The van der Waals surface area contributed by atoms with Crippen LogP contribution in [0.3, 0.4) is 0 Å². The second kappa shape index (κ2) is 8.78. The van der Waals surface area contributed by atoms with Crippen molar-refractivity contribution in [3.63, 3.8) is 0 Å². The van der Waals surface area contributed by atoms with E-state index in [1.54, 1.807) is 13.8 Å². The molecule has 3 aromatic rings. The lowest BCUT2D eigenvalue weighted by molar-refractivity contribution is 0.0764. The maximum atomic E-state index is 13.9. The summed E-state index contributed by atoms with van der Waals surface area (Å²) in [6.45, 7) is 6.71. The third-order valence-corrected chi connectivity index (χ3v) is 9.08. The Morgan fingerprint density at radius 3 is 2.56 bits per heavy atom. The highest BCUT2D eigenvalue weighted by atomic mass is 32.2. The number of benzene rings is 1. The van der Waals surface area contributed by atoms with Crippen LogP contribution in [-0.4, -0.2) is 59.8 Å². The molecule has 1 fully saturated rings. The largest absolute Gasteiger partial charge is 0.360 e. The molecule has 0 saturated carbocycles. The fourth-order valence-electron chi connectivity index (χ4n) is 5.25. The molecule has 0 bridgehead atoms. The van der Waals surface area contributed by atoms with Gasteiger partial charge in [0, 0.05) is 37.3 Å². The van der Waals surface area contributed by atoms with Gasteiger partial charge in [0.2, 0.25) is 10.0 Å². The number of carbonyl (C=O) groups excluding carboxylic acids is 1. The molecule has 1 amide bonds. The molecular weight excluding hydrogens is 452 g/mol. The van der Waals surface area contributed by atoms with Crippen LogP contribution < -0.4 is 0 Å². The zero-order valence-corrected chi connectivity index (χ0v) is 20.7. The van der Waals surface area contributed by atoms with Gasteiger partial charge in [-0.25, -0.2) is 8.42 Å². The molecule has 180 valence electrons. The van der Waals surface area contributed by atoms with Crippen LogP contribution in [0.5, 0.6) is 0 Å². The Labute approximate surface area is 200 Å². The zero-order valence-electron chi connectivity index (χ0n) is 19.9. The summed E-state index contributed by atoms with van der Waals surface area (Å²) in [5.74, 6) is 0.271. The van der Waals surface area contributed by atoms with Crippen LogP contribution in [0.1, 0.15) is 57.9 Å². The number of amides is 1. The van der Waals surface area contributed by atoms with Gasteiger partial charge in [-0.15, -0.1) is 0 Å². The van der Waals surface area contributed by atoms with E-state index in [0.717, 1.165) is 59.0 Å². The van der Waals surface area contributed by atoms with Gasteiger partial charge in [-0.2, -0.15) is 4.31 Å². The first-order valence-electron chi connectivity index (χ1n) is 11.9. The molecule has 0 N–H and O–H groups in total. The maximum Gasteiger partial charge on any atom is 0.254 e. The molecule has 0 spiro atoms. The summed E-state index contributed by atoms with van der Waals surface area (Å²) in [5.41, 5.74) is 5.16. The van der Waals surface area contributed by atoms with Crippen molar-refractivity contribution in [1.29, 1.82) is 0 Å². The number of hydrogen-bond donors (Lipinski definition) is 0. The molecule has 0 atom stereocenters. The predicted octanol–water partition coefficient (Wildman–Crippen LogP) is 3.56. The second-order valence-electron chi connectivity index (χ2n) is 9.34. The van der Waals surface area contributed by atoms with Gasteiger partial charge in [0.1, 0.15) is 10.6 Å². The summed E-state index contributed by atoms with van der Waals surface area (Å²) in [5, 5.41) is 4.71. The first-order chi connectivity index (χ1) is 16.3. The van der Waals surface area contributed by atoms with Crippen molar-refractivity contribution in [2.75, 3.05) is 26.2 Å². The van der Waals surface area contributed by atoms with Crippen LogP contribution in [0.2, 0.25) is 0 Å². The Bertz CT molecular complexity index is 1360. The molecule has 9 heteroatoms. The molecule has 3 heterocycles. The Balaban J connectivity index is 1.47. The van der Waals surface area contributed by atoms with E-state index >= 15 is 0 Å². The minimum Gasteiger partial charge on any atom is -0.360 e. The monoisotopic (exact) mass is 482 g/mol. The lowest BCUT2D eigenvalue weighted by atomic mass is 9.89. The van der Waals surface area contributed by atoms with E-state index in [1.165, 1.54) is 4.31 Å². The van der Waals surface area contributed by atoms with Crippen LogP contribution in [0, 0.1) is 20.8 Å². The molecule has 1 saturated heterocycles. The van der Waals surface area contributed by atoms with Gasteiger partial charge < -0.3 is 9.42 Å². The van der Waals surface area contributed by atoms with E-state index in [4.69, 9.17) is 9.51 Å². The van der Waals surface area contributed by atoms with Gasteiger partial charge in [-0.05, 0) is 70.6 Å². The van der Waals surface area contributed by atoms with Gasteiger partial charge in [-0.3, -0.25) is 9.78 Å². The summed E-state index contributed by atoms with van der Waals surface area (Å²) in [6.07, 6.45) is 4.45. The summed E-state index contributed by atoms with van der Waals surface area (Å²) in [4.78, 5) is 20.8. The second-order valence-corrected chi connectivity index (χ2v) is 11.2. The molecule has 5 rings (SSSR count). The molecule has 2 aromatic heterocycles. The van der Waals surface area contributed by atoms with Crippen molar-refractivity contribution < 1.29 is 17.7 Å². The molecule has 0 unspecified atom stereocenters. The number of aryl methyl sites for hydroxylation is 4. The lowest BCUT2D eigenvalue weighted by Crippen LogP contribution is -2.38. The zero-order chi connectivity index (χ0) is 24.0. The van der Waals surface area contributed by atoms with E-state index < -0.39 is 10.0 Å². The highest BCUT2D eigenvalue weighted by molar-refractivity contribution is 7.89. The molecule has 1 aliphatic carbocycles. The molecule has 2 aliphatic rings. The van der Waals surface area contributed by atoms with Gasteiger partial charge in [0.15, 0.2) is 5.76 Å². The first-order valence-corrected chi connectivity index (χ1v) is 13.4. The summed E-state index contributed by atoms with van der Waals surface area (Å²) in [7, 11) is -3.74. The molecule has 1 aliphatic heterocycles. The Morgan fingerprint density at radius 1 is 1.00 bits per heavy atom. The Kier molecular flexibility index (Phi) is 5.93. The molecule has 34 heavy (non-hydrogen) atoms. The maximum absolute atomic E-state index is 13.9. The summed E-state index contributed by atoms with van der Waals surface area (Å²) >= 11 is 0. The van der Waals surface area contributed by atoms with Gasteiger partial charge in [0.25, 0.3) is 5.91 Å². The summed E-state index contributed by atoms with van der Waals surface area (Å²) < 4.78 is 33.2. The van der Waals surface area contributed by atoms with Gasteiger partial charge >= 0.3 is 0 Å². The smallest absolute Gasteiger partial charge is 0.254 e. The van der Waals surface area contributed by atoms with Crippen molar-refractivity contribution in [3.05, 3.63) is 52.0 Å². The highest BCUT2D eigenvalue weighted by Crippen LogP contribution is 2.31. The van der Waals surface area contributed by atoms with Crippen LogP contribution >= 0.6 is 0 Å². The van der Waals surface area contributed by atoms with E-state index in [2.05, 4.69) is 11.2 Å². The van der Waals surface area contributed by atoms with Crippen molar-refractivity contribution in [2.45, 2.75) is 57.8 Å². The minimum absolute atomic E-state index is 0.0206. The van der Waals surface area contributed by atoms with E-state index in [-0.39, 0.29) is 17.3 Å². The number of pyridine rings is 1. The normalized spacial score (nSPS) is 17.6. The highest BCUT2D eigenvalue weighted by Gasteiger charge is 2.34. The first kappa shape index (κ1) is 23.0. The third kappa shape index (κ3) is 3.90. The predicted molar refractivity (Wildman–Crippen MR) is 128 cm³/mol. The third-order valence-electron chi connectivity index (χ3n) is 6.94. The fourth-order valence-corrected chi connectivity index (χ4v) is 7.01. The standard InChI is InChI=1S/C25H30N4O4S/c1-16-9-10-22-20(15-16)23(19-7-4-5-8-21(19)26-22)25(30)28-11-6-12-29(14-13-28)34(31,32)24-17(2)27-33-18(24)3/h9-10,15H,4-8,11-14H2,1-3H3. The number of nitrogens with zero attached hydrogens (tertiary/aromatic N) is 4. The quantitative estimate of drug-likeness (QED) is 0.566. The number of aromatic nitrogens is 2. The summed E-state index contributed by atoms with van der Waals surface area (Å²) in [6, 6.07) is 6.08. The van der Waals surface area contributed by atoms with Crippen LogP contribution in [0.15, 0.2) is 27.6 Å². The molecular formula is C25H30N4O4S. The Morgan fingerprint density at radius 2 is 1.79 bits per heavy atom. The van der Waals surface area contributed by atoms with Crippen molar-refractivity contribution in [2.24, 2.45) is 0 Å². The minimum atomic E-state index is -3.74. The van der Waals surface area contributed by atoms with Crippen molar-refractivity contribution in [1.82, 2.24) is 19.3 Å². The molecule has 0 radical (unpaired) electrons. The van der Waals surface area contributed by atoms with Crippen LogP contribution in [0.25, 0.3) is 10.9 Å². The van der Waals surface area contributed by atoms with E-state index in [0.29, 0.717) is 37.5 Å². The van der Waals surface area contributed by atoms with E-state index in [1.807, 2.05) is 24.0 Å². The van der Waals surface area contributed by atoms with Crippen LogP contribution in [-0.2, 0) is 22.9 Å². The lowest BCUT2D eigenvalue weighted by Gasteiger charge is -2.26. The number of rotatable bonds is 3. The topological polar surface area (TPSA) is 96.6 Å². The van der Waals surface area contributed by atoms with Gasteiger partial charge in [-0.1, -0.05) is 16.8 Å². The fraction of sp³-hybridized carbons (Fsp3) is 0.480. The van der Waals surface area contributed by atoms with Crippen molar-refractivity contribution >= 4 is 26.8 Å². The van der Waals surface area contributed by atoms with Crippen molar-refractivity contribution in [3.8, 4) is 0 Å². The Hall–Kier alpha value is -2.78. The average Bonchev–Trinajstić information content (AvgIpc) is 3.00. The molecule has 1 aromatic carbocycles. The number of carbonyl (C=O) groups is 1. The SMILES string of the molecule is Cc1ccc2nc3c(c(C(=O)N4CCCN(S(=O)(=O)c5c(C)noc5C)CC4)c2c1)CCCC3. The molecule has 8 nitrogen and oxygen atoms in total. The van der Waals surface area contributed by atoms with Gasteiger partial charge in [0.05, 0.1) is 11.1 Å². The number of fused-ring (bicyclic) bond motifs is 2.